The van der Waals surface area contributed by atoms with Crippen LogP contribution in [0.3, 0.4) is 0 Å². The second-order valence-electron chi connectivity index (χ2n) is 4.62. The first-order valence-corrected chi connectivity index (χ1v) is 8.28. The van der Waals surface area contributed by atoms with Crippen LogP contribution in [-0.4, -0.2) is 21.0 Å². The molecule has 0 atom stereocenters. The minimum Gasteiger partial charge on any atom is -0.312 e. The summed E-state index contributed by atoms with van der Waals surface area (Å²) in [6, 6.07) is 1.91. The predicted octanol–water partition coefficient (Wildman–Crippen LogP) is 0.920. The van der Waals surface area contributed by atoms with Crippen molar-refractivity contribution in [2.75, 3.05) is 11.3 Å². The van der Waals surface area contributed by atoms with Crippen LogP contribution in [0, 0.1) is 11.3 Å². The Morgan fingerprint density at radius 1 is 1.47 bits per heavy atom. The summed E-state index contributed by atoms with van der Waals surface area (Å²) >= 11 is 1.33. The van der Waals surface area contributed by atoms with E-state index in [0.717, 1.165) is 23.4 Å². The van der Waals surface area contributed by atoms with Gasteiger partial charge in [0.15, 0.2) is 0 Å². The second kappa shape index (κ2) is 5.46. The molecule has 1 aliphatic rings. The SMILES string of the molecule is CC(C)NS(=O)(=O)Nc1sc2c(c1C#N)CCNC2. The Kier molecular flexibility index (Phi) is 4.10. The summed E-state index contributed by atoms with van der Waals surface area (Å²) < 4.78 is 28.6. The van der Waals surface area contributed by atoms with Gasteiger partial charge >= 0.3 is 0 Å². The Labute approximate surface area is 117 Å². The molecule has 0 aliphatic carbocycles. The van der Waals surface area contributed by atoms with Gasteiger partial charge in [-0.3, -0.25) is 4.72 Å². The molecule has 8 heteroatoms. The van der Waals surface area contributed by atoms with Gasteiger partial charge in [0, 0.05) is 17.5 Å². The third-order valence-corrected chi connectivity index (χ3v) is 5.19. The number of anilines is 1. The Bertz CT molecular complexity index is 613. The molecule has 0 radical (unpaired) electrons. The summed E-state index contributed by atoms with van der Waals surface area (Å²) in [6.45, 7) is 4.99. The molecule has 0 fully saturated rings. The van der Waals surface area contributed by atoms with Crippen LogP contribution in [0.4, 0.5) is 5.00 Å². The van der Waals surface area contributed by atoms with Crippen LogP contribution in [0.1, 0.15) is 29.9 Å². The van der Waals surface area contributed by atoms with Crippen LogP contribution in [0.25, 0.3) is 0 Å². The van der Waals surface area contributed by atoms with Crippen LogP contribution < -0.4 is 14.8 Å². The summed E-state index contributed by atoms with van der Waals surface area (Å²) in [6.07, 6.45) is 0.758. The van der Waals surface area contributed by atoms with Crippen molar-refractivity contribution in [2.24, 2.45) is 0 Å². The molecule has 2 rings (SSSR count). The monoisotopic (exact) mass is 300 g/mol. The first kappa shape index (κ1) is 14.3. The zero-order valence-corrected chi connectivity index (χ0v) is 12.4. The summed E-state index contributed by atoms with van der Waals surface area (Å²) in [7, 11) is -3.63. The van der Waals surface area contributed by atoms with Crippen molar-refractivity contribution < 1.29 is 8.42 Å². The van der Waals surface area contributed by atoms with Gasteiger partial charge in [-0.05, 0) is 32.4 Å². The zero-order chi connectivity index (χ0) is 14.0. The smallest absolute Gasteiger partial charge is 0.299 e. The van der Waals surface area contributed by atoms with E-state index in [1.807, 2.05) is 0 Å². The maximum atomic E-state index is 11.9. The van der Waals surface area contributed by atoms with E-state index in [4.69, 9.17) is 0 Å². The third-order valence-electron chi connectivity index (χ3n) is 2.66. The van der Waals surface area contributed by atoms with Crippen LogP contribution >= 0.6 is 11.3 Å². The number of hydrogen-bond acceptors (Lipinski definition) is 5. The minimum absolute atomic E-state index is 0.195. The van der Waals surface area contributed by atoms with Gasteiger partial charge in [-0.1, -0.05) is 0 Å². The molecule has 0 saturated carbocycles. The van der Waals surface area contributed by atoms with E-state index < -0.39 is 10.2 Å². The predicted molar refractivity (Wildman–Crippen MR) is 75.3 cm³/mol. The standard InChI is InChI=1S/C11H16N4O2S2/c1-7(2)14-19(16,17)15-11-9(5-12)8-3-4-13-6-10(8)18-11/h7,13-15H,3-4,6H2,1-2H3. The molecule has 2 heterocycles. The van der Waals surface area contributed by atoms with Crippen LogP contribution in [0.5, 0.6) is 0 Å². The van der Waals surface area contributed by atoms with Crippen molar-refractivity contribution in [3.63, 3.8) is 0 Å². The second-order valence-corrected chi connectivity index (χ2v) is 7.18. The average Bonchev–Trinajstić information content (AvgIpc) is 2.62. The molecule has 0 amide bonds. The van der Waals surface area contributed by atoms with Gasteiger partial charge in [-0.15, -0.1) is 11.3 Å². The van der Waals surface area contributed by atoms with Gasteiger partial charge in [0.05, 0.1) is 5.56 Å². The number of fused-ring (bicyclic) bond motifs is 1. The topological polar surface area (TPSA) is 94.0 Å². The molecule has 0 aromatic carbocycles. The lowest BCUT2D eigenvalue weighted by Gasteiger charge is -2.11. The van der Waals surface area contributed by atoms with Gasteiger partial charge < -0.3 is 5.32 Å². The van der Waals surface area contributed by atoms with Crippen molar-refractivity contribution in [3.05, 3.63) is 16.0 Å². The largest absolute Gasteiger partial charge is 0.312 e. The molecule has 6 nitrogen and oxygen atoms in total. The molecule has 0 unspecified atom stereocenters. The van der Waals surface area contributed by atoms with Crippen molar-refractivity contribution in [3.8, 4) is 6.07 Å². The van der Waals surface area contributed by atoms with E-state index in [9.17, 15) is 13.7 Å². The highest BCUT2D eigenvalue weighted by atomic mass is 32.2. The molecule has 104 valence electrons. The lowest BCUT2D eigenvalue weighted by Crippen LogP contribution is -2.35. The van der Waals surface area contributed by atoms with Gasteiger partial charge in [-0.2, -0.15) is 18.4 Å². The highest BCUT2D eigenvalue weighted by Crippen LogP contribution is 2.35. The molecular formula is C11H16N4O2S2. The average molecular weight is 300 g/mol. The first-order valence-electron chi connectivity index (χ1n) is 5.98. The van der Waals surface area contributed by atoms with Crippen LogP contribution in [-0.2, 0) is 23.2 Å². The van der Waals surface area contributed by atoms with Gasteiger partial charge in [-0.25, -0.2) is 0 Å². The van der Waals surface area contributed by atoms with E-state index >= 15 is 0 Å². The quantitative estimate of drug-likeness (QED) is 0.770. The molecule has 1 aliphatic heterocycles. The van der Waals surface area contributed by atoms with Crippen molar-refractivity contribution in [2.45, 2.75) is 32.9 Å². The normalized spacial score (nSPS) is 15.1. The van der Waals surface area contributed by atoms with Gasteiger partial charge in [0.1, 0.15) is 11.1 Å². The summed E-state index contributed by atoms with van der Waals surface area (Å²) in [5.41, 5.74) is 1.42. The van der Waals surface area contributed by atoms with Crippen molar-refractivity contribution in [1.29, 1.82) is 5.26 Å². The zero-order valence-electron chi connectivity index (χ0n) is 10.8. The van der Waals surface area contributed by atoms with Gasteiger partial charge in [0.2, 0.25) is 0 Å². The summed E-state index contributed by atoms with van der Waals surface area (Å²) in [5, 5.41) is 12.8. The fourth-order valence-electron chi connectivity index (χ4n) is 1.99. The maximum Gasteiger partial charge on any atom is 0.299 e. The first-order chi connectivity index (χ1) is 8.93. The molecule has 1 aromatic rings. The van der Waals surface area contributed by atoms with E-state index in [-0.39, 0.29) is 6.04 Å². The molecular weight excluding hydrogens is 284 g/mol. The fourth-order valence-corrected chi connectivity index (χ4v) is 4.53. The fraction of sp³-hybridized carbons (Fsp3) is 0.545. The molecule has 3 N–H and O–H groups in total. The van der Waals surface area contributed by atoms with Crippen LogP contribution in [0.15, 0.2) is 0 Å². The molecule has 0 saturated heterocycles. The van der Waals surface area contributed by atoms with Crippen LogP contribution in [0.2, 0.25) is 0 Å². The van der Waals surface area contributed by atoms with Crippen molar-refractivity contribution >= 4 is 26.5 Å². The minimum atomic E-state index is -3.63. The Balaban J connectivity index is 2.31. The third kappa shape index (κ3) is 3.25. The Morgan fingerprint density at radius 3 is 2.84 bits per heavy atom. The molecule has 1 aromatic heterocycles. The van der Waals surface area contributed by atoms with E-state index in [2.05, 4.69) is 20.8 Å². The molecule has 0 spiro atoms. The molecule has 19 heavy (non-hydrogen) atoms. The lowest BCUT2D eigenvalue weighted by molar-refractivity contribution is 0.575. The number of nitrogens with zero attached hydrogens (tertiary/aromatic N) is 1. The highest BCUT2D eigenvalue weighted by molar-refractivity contribution is 7.91. The number of hydrogen-bond donors (Lipinski definition) is 3. The van der Waals surface area contributed by atoms with Gasteiger partial charge in [0.25, 0.3) is 10.2 Å². The van der Waals surface area contributed by atoms with Crippen molar-refractivity contribution in [1.82, 2.24) is 10.0 Å². The Morgan fingerprint density at radius 2 is 2.21 bits per heavy atom. The van der Waals surface area contributed by atoms with E-state index in [1.54, 1.807) is 13.8 Å². The number of nitrogens with one attached hydrogen (secondary N) is 3. The Hall–Kier alpha value is -1.14. The highest BCUT2D eigenvalue weighted by Gasteiger charge is 2.23. The number of nitriles is 1. The summed E-state index contributed by atoms with van der Waals surface area (Å²) in [4.78, 5) is 1.03. The lowest BCUT2D eigenvalue weighted by atomic mass is 10.1. The summed E-state index contributed by atoms with van der Waals surface area (Å²) in [5.74, 6) is 0. The maximum absolute atomic E-state index is 11.9. The van der Waals surface area contributed by atoms with E-state index in [1.165, 1.54) is 11.3 Å². The number of rotatable bonds is 4. The number of thiophene rings is 1. The van der Waals surface area contributed by atoms with E-state index in [0.29, 0.717) is 17.1 Å². The molecule has 0 bridgehead atoms.